The van der Waals surface area contributed by atoms with Gasteiger partial charge in [-0.3, -0.25) is 10.1 Å². The van der Waals surface area contributed by atoms with Crippen molar-refractivity contribution in [3.8, 4) is 5.75 Å². The van der Waals surface area contributed by atoms with Crippen molar-refractivity contribution < 1.29 is 18.1 Å². The number of halogens is 1. The lowest BCUT2D eigenvalue weighted by Gasteiger charge is -2.09. The summed E-state index contributed by atoms with van der Waals surface area (Å²) >= 11 is 0. The zero-order valence-electron chi connectivity index (χ0n) is 10.9. The molecule has 21 heavy (non-hydrogen) atoms. The Balaban J connectivity index is 2.22. The van der Waals surface area contributed by atoms with Crippen molar-refractivity contribution in [1.29, 1.82) is 0 Å². The lowest BCUT2D eigenvalue weighted by Crippen LogP contribution is -2.05. The quantitative estimate of drug-likeness (QED) is 0.352. The molecule has 0 saturated carbocycles. The number of hydrogen-bond acceptors (Lipinski definition) is 5. The molecule has 112 valence electrons. The molecule has 8 heteroatoms. The summed E-state index contributed by atoms with van der Waals surface area (Å²) in [7, 11) is 1.57. The summed E-state index contributed by atoms with van der Waals surface area (Å²) in [6.07, 6.45) is 0.247. The Morgan fingerprint density at radius 3 is 2.43 bits per heavy atom. The Bertz CT molecular complexity index is 775. The molecule has 0 N–H and O–H groups in total. The maximum atomic E-state index is 11.0. The molecule has 0 spiro atoms. The molecule has 0 atom stereocenters. The van der Waals surface area contributed by atoms with Crippen LogP contribution in [0, 0.1) is 10.1 Å². The van der Waals surface area contributed by atoms with Crippen LogP contribution < -0.4 is 4.74 Å². The first-order chi connectivity index (χ1) is 9.88. The Morgan fingerprint density at radius 1 is 1.14 bits per heavy atom. The van der Waals surface area contributed by atoms with Gasteiger partial charge in [-0.25, -0.2) is 8.42 Å². The number of fused-ring (bicyclic) bond motifs is 1. The van der Waals surface area contributed by atoms with Crippen molar-refractivity contribution >= 4 is 36.2 Å². The molecule has 0 aromatic heterocycles. The van der Waals surface area contributed by atoms with Crippen molar-refractivity contribution in [2.75, 3.05) is 12.4 Å². The fourth-order valence-electron chi connectivity index (χ4n) is 1.95. The van der Waals surface area contributed by atoms with Crippen molar-refractivity contribution in [2.24, 2.45) is 0 Å². The van der Waals surface area contributed by atoms with E-state index in [4.69, 9.17) is 15.4 Å². The predicted octanol–water partition coefficient (Wildman–Crippen LogP) is 3.09. The highest BCUT2D eigenvalue weighted by atomic mass is 35.7. The van der Waals surface area contributed by atoms with Crippen LogP contribution in [0.15, 0.2) is 36.4 Å². The summed E-state index contributed by atoms with van der Waals surface area (Å²) in [4.78, 5) is 10.5. The van der Waals surface area contributed by atoms with Gasteiger partial charge in [0.05, 0.1) is 22.7 Å². The third-order valence-corrected chi connectivity index (χ3v) is 4.09. The van der Waals surface area contributed by atoms with E-state index in [1.807, 2.05) is 0 Å². The molecule has 0 bridgehead atoms. The summed E-state index contributed by atoms with van der Waals surface area (Å²) in [5.74, 6) is 0.294. The van der Waals surface area contributed by atoms with Gasteiger partial charge >= 0.3 is 0 Å². The van der Waals surface area contributed by atoms with E-state index >= 15 is 0 Å². The first-order valence-electron chi connectivity index (χ1n) is 6.10. The smallest absolute Gasteiger partial charge is 0.277 e. The van der Waals surface area contributed by atoms with E-state index in [1.165, 1.54) is 12.1 Å². The fourth-order valence-corrected chi connectivity index (χ4v) is 2.74. The van der Waals surface area contributed by atoms with Crippen LogP contribution in [0.1, 0.15) is 6.42 Å². The number of hydrogen-bond donors (Lipinski definition) is 0. The molecule has 0 radical (unpaired) electrons. The van der Waals surface area contributed by atoms with Crippen molar-refractivity contribution in [3.63, 3.8) is 0 Å². The molecule has 0 aliphatic heterocycles. The molecule has 0 aliphatic carbocycles. The summed E-state index contributed by atoms with van der Waals surface area (Å²) in [6, 6.07) is 9.70. The van der Waals surface area contributed by atoms with Gasteiger partial charge in [0.1, 0.15) is 5.75 Å². The number of nitro benzene ring substituents is 1. The number of ether oxygens (including phenoxy) is 1. The summed E-state index contributed by atoms with van der Waals surface area (Å²) < 4.78 is 27.1. The van der Waals surface area contributed by atoms with E-state index < -0.39 is 14.0 Å². The minimum atomic E-state index is -3.54. The first-order valence-corrected chi connectivity index (χ1v) is 8.57. The molecule has 0 fully saturated rings. The van der Waals surface area contributed by atoms with Gasteiger partial charge in [-0.2, -0.15) is 0 Å². The Labute approximate surface area is 125 Å². The maximum Gasteiger partial charge on any atom is 0.277 e. The van der Waals surface area contributed by atoms with Gasteiger partial charge in [0.2, 0.25) is 9.05 Å². The molecule has 0 amide bonds. The molecule has 0 unspecified atom stereocenters. The van der Waals surface area contributed by atoms with Crippen LogP contribution in [-0.4, -0.2) is 25.7 Å². The van der Waals surface area contributed by atoms with Crippen LogP contribution in [0.4, 0.5) is 5.69 Å². The van der Waals surface area contributed by atoms with E-state index in [0.717, 1.165) is 0 Å². The molecule has 2 rings (SSSR count). The molecule has 2 aromatic rings. The number of benzene rings is 2. The third kappa shape index (κ3) is 4.05. The van der Waals surface area contributed by atoms with E-state index in [1.54, 1.807) is 24.3 Å². The largest absolute Gasteiger partial charge is 0.493 e. The van der Waals surface area contributed by atoms with Gasteiger partial charge in [0.15, 0.2) is 0 Å². The van der Waals surface area contributed by atoms with Crippen LogP contribution >= 0.6 is 10.7 Å². The lowest BCUT2D eigenvalue weighted by molar-refractivity contribution is -0.383. The second-order valence-corrected chi connectivity index (χ2v) is 7.23. The first kappa shape index (κ1) is 15.5. The summed E-state index contributed by atoms with van der Waals surface area (Å²) in [5.41, 5.74) is 0.00119. The van der Waals surface area contributed by atoms with Crippen LogP contribution in [0.2, 0.25) is 0 Å². The average molecular weight is 330 g/mol. The van der Waals surface area contributed by atoms with Gasteiger partial charge in [0, 0.05) is 22.1 Å². The third-order valence-electron chi connectivity index (χ3n) is 2.85. The zero-order valence-corrected chi connectivity index (χ0v) is 12.4. The summed E-state index contributed by atoms with van der Waals surface area (Å²) in [6.45, 7) is 0.160. The molecule has 2 aromatic carbocycles. The maximum absolute atomic E-state index is 11.0. The van der Waals surface area contributed by atoms with Crippen molar-refractivity contribution in [1.82, 2.24) is 0 Å². The Hall–Kier alpha value is -1.86. The van der Waals surface area contributed by atoms with Crippen LogP contribution in [0.25, 0.3) is 10.8 Å². The van der Waals surface area contributed by atoms with E-state index in [2.05, 4.69) is 0 Å². The van der Waals surface area contributed by atoms with Crippen LogP contribution in [0.3, 0.4) is 0 Å². The molecular weight excluding hydrogens is 318 g/mol. The minimum Gasteiger partial charge on any atom is -0.493 e. The normalized spacial score (nSPS) is 11.5. The van der Waals surface area contributed by atoms with Crippen LogP contribution in [-0.2, 0) is 9.05 Å². The van der Waals surface area contributed by atoms with Gasteiger partial charge in [-0.05, 0) is 18.6 Å². The lowest BCUT2D eigenvalue weighted by atomic mass is 10.1. The van der Waals surface area contributed by atoms with Gasteiger partial charge in [-0.15, -0.1) is 0 Å². The fraction of sp³-hybridized carbons (Fsp3) is 0.231. The molecule has 0 heterocycles. The highest BCUT2D eigenvalue weighted by Crippen LogP contribution is 2.32. The Morgan fingerprint density at radius 2 is 1.81 bits per heavy atom. The van der Waals surface area contributed by atoms with Gasteiger partial charge < -0.3 is 4.74 Å². The monoisotopic (exact) mass is 329 g/mol. The van der Waals surface area contributed by atoms with Gasteiger partial charge in [0.25, 0.3) is 5.69 Å². The second kappa shape index (κ2) is 6.28. The molecule has 0 aliphatic rings. The molecule has 6 nitrogen and oxygen atoms in total. The summed E-state index contributed by atoms with van der Waals surface area (Å²) in [5, 5.41) is 12.1. The second-order valence-electron chi connectivity index (χ2n) is 4.33. The highest BCUT2D eigenvalue weighted by Gasteiger charge is 2.14. The van der Waals surface area contributed by atoms with Gasteiger partial charge in [-0.1, -0.05) is 18.2 Å². The van der Waals surface area contributed by atoms with E-state index in [0.29, 0.717) is 16.5 Å². The van der Waals surface area contributed by atoms with E-state index in [-0.39, 0.29) is 24.5 Å². The minimum absolute atomic E-state index is 0.00119. The average Bonchev–Trinajstić information content (AvgIpc) is 2.42. The zero-order chi connectivity index (χ0) is 15.5. The van der Waals surface area contributed by atoms with E-state index in [9.17, 15) is 18.5 Å². The highest BCUT2D eigenvalue weighted by molar-refractivity contribution is 8.13. The van der Waals surface area contributed by atoms with Crippen LogP contribution in [0.5, 0.6) is 5.75 Å². The van der Waals surface area contributed by atoms with Crippen molar-refractivity contribution in [2.45, 2.75) is 6.42 Å². The number of nitro groups is 1. The Kier molecular flexibility index (Phi) is 4.64. The number of nitrogens with zero attached hydrogens (tertiary/aromatic N) is 1. The number of rotatable bonds is 6. The topological polar surface area (TPSA) is 86.5 Å². The standard InChI is InChI=1S/C13H12ClNO5S/c14-21(18,19)9-3-8-20-13-7-6-12(15(16)17)10-4-1-2-5-11(10)13/h1-2,4-7H,3,8-9H2. The molecule has 0 saturated heterocycles. The van der Waals surface area contributed by atoms with Crippen molar-refractivity contribution in [3.05, 3.63) is 46.5 Å². The SMILES string of the molecule is O=[N+]([O-])c1ccc(OCCCS(=O)(=O)Cl)c2ccccc12. The number of non-ortho nitro benzene ring substituents is 1. The predicted molar refractivity (Wildman–Crippen MR) is 80.4 cm³/mol. The molecular formula is C13H12ClNO5S.